The van der Waals surface area contributed by atoms with Gasteiger partial charge < -0.3 is 20.1 Å². The summed E-state index contributed by atoms with van der Waals surface area (Å²) in [5.74, 6) is -0.829. The maximum absolute atomic E-state index is 12.7. The van der Waals surface area contributed by atoms with Crippen LogP contribution in [0.15, 0.2) is 109 Å². The van der Waals surface area contributed by atoms with Crippen LogP contribution < -0.4 is 5.73 Å². The zero-order valence-electron chi connectivity index (χ0n) is 50.8. The molecular formula is C69H120NO8P. The van der Waals surface area contributed by atoms with Gasteiger partial charge in [-0.1, -0.05) is 297 Å². The molecule has 454 valence electrons. The van der Waals surface area contributed by atoms with Crippen molar-refractivity contribution in [2.75, 3.05) is 26.4 Å². The van der Waals surface area contributed by atoms with Crippen molar-refractivity contribution in [3.05, 3.63) is 109 Å². The normalized spacial score (nSPS) is 13.7. The first kappa shape index (κ1) is 75.7. The lowest BCUT2D eigenvalue weighted by Gasteiger charge is -2.19. The van der Waals surface area contributed by atoms with E-state index >= 15 is 0 Å². The number of esters is 2. The number of phosphoric acid groups is 1. The first-order chi connectivity index (χ1) is 38.8. The van der Waals surface area contributed by atoms with Crippen LogP contribution in [-0.4, -0.2) is 49.3 Å². The summed E-state index contributed by atoms with van der Waals surface area (Å²) >= 11 is 0. The van der Waals surface area contributed by atoms with E-state index in [0.29, 0.717) is 6.42 Å². The van der Waals surface area contributed by atoms with E-state index < -0.39 is 26.5 Å². The second kappa shape index (κ2) is 63.8. The number of carbonyl (C=O) groups excluding carboxylic acids is 2. The van der Waals surface area contributed by atoms with Gasteiger partial charge >= 0.3 is 19.8 Å². The predicted octanol–water partition coefficient (Wildman–Crippen LogP) is 21.0. The van der Waals surface area contributed by atoms with Crippen LogP contribution in [0.25, 0.3) is 0 Å². The molecule has 0 heterocycles. The summed E-state index contributed by atoms with van der Waals surface area (Å²) in [7, 11) is -4.40. The van der Waals surface area contributed by atoms with E-state index in [1.54, 1.807) is 0 Å². The number of ether oxygens (including phenoxy) is 2. The third-order valence-corrected chi connectivity index (χ3v) is 14.7. The van der Waals surface area contributed by atoms with Crippen LogP contribution >= 0.6 is 7.82 Å². The number of allylic oxidation sites excluding steroid dienone is 18. The molecule has 0 aromatic rings. The quantitative estimate of drug-likeness (QED) is 0.0264. The summed E-state index contributed by atoms with van der Waals surface area (Å²) < 4.78 is 33.1. The molecule has 0 amide bonds. The lowest BCUT2D eigenvalue weighted by atomic mass is 10.0. The van der Waals surface area contributed by atoms with Gasteiger partial charge in [-0.25, -0.2) is 4.57 Å². The first-order valence-corrected chi connectivity index (χ1v) is 33.9. The third-order valence-electron chi connectivity index (χ3n) is 13.7. The second-order valence-corrected chi connectivity index (χ2v) is 22.7. The van der Waals surface area contributed by atoms with Crippen molar-refractivity contribution in [2.24, 2.45) is 5.73 Å². The Morgan fingerprint density at radius 2 is 0.696 bits per heavy atom. The molecule has 0 saturated carbocycles. The van der Waals surface area contributed by atoms with Gasteiger partial charge in [-0.15, -0.1) is 0 Å². The summed E-state index contributed by atoms with van der Waals surface area (Å²) in [5.41, 5.74) is 5.39. The molecule has 0 aliphatic heterocycles. The lowest BCUT2D eigenvalue weighted by molar-refractivity contribution is -0.161. The van der Waals surface area contributed by atoms with Gasteiger partial charge in [0.2, 0.25) is 0 Å². The molecule has 0 bridgehead atoms. The van der Waals surface area contributed by atoms with Crippen LogP contribution in [0.1, 0.15) is 284 Å². The molecule has 3 N–H and O–H groups in total. The highest BCUT2D eigenvalue weighted by Gasteiger charge is 2.26. The van der Waals surface area contributed by atoms with E-state index in [4.69, 9.17) is 24.3 Å². The highest BCUT2D eigenvalue weighted by molar-refractivity contribution is 7.47. The van der Waals surface area contributed by atoms with Crippen molar-refractivity contribution in [1.29, 1.82) is 0 Å². The predicted molar refractivity (Wildman–Crippen MR) is 339 cm³/mol. The van der Waals surface area contributed by atoms with Crippen molar-refractivity contribution in [3.63, 3.8) is 0 Å². The fraction of sp³-hybridized carbons (Fsp3) is 0.710. The fourth-order valence-electron chi connectivity index (χ4n) is 8.92. The number of unbranched alkanes of at least 4 members (excludes halogenated alkanes) is 29. The van der Waals surface area contributed by atoms with E-state index in [0.717, 1.165) is 103 Å². The average molecular weight is 1120 g/mol. The van der Waals surface area contributed by atoms with Gasteiger partial charge in [0.05, 0.1) is 13.2 Å². The van der Waals surface area contributed by atoms with Crippen molar-refractivity contribution < 1.29 is 37.6 Å². The van der Waals surface area contributed by atoms with E-state index in [2.05, 4.69) is 123 Å². The molecule has 0 spiro atoms. The largest absolute Gasteiger partial charge is 0.472 e. The number of hydrogen-bond donors (Lipinski definition) is 2. The molecule has 0 aromatic heterocycles. The average Bonchev–Trinajstić information content (AvgIpc) is 3.44. The van der Waals surface area contributed by atoms with Gasteiger partial charge in [-0.2, -0.15) is 0 Å². The summed E-state index contributed by atoms with van der Waals surface area (Å²) in [6, 6.07) is 0. The number of rotatable bonds is 60. The minimum atomic E-state index is -4.40. The van der Waals surface area contributed by atoms with Crippen LogP contribution in [0.4, 0.5) is 0 Å². The minimum Gasteiger partial charge on any atom is -0.462 e. The Morgan fingerprint density at radius 1 is 0.392 bits per heavy atom. The molecule has 0 radical (unpaired) electrons. The molecule has 0 fully saturated rings. The van der Waals surface area contributed by atoms with Crippen LogP contribution in [0.2, 0.25) is 0 Å². The maximum Gasteiger partial charge on any atom is 0.472 e. The van der Waals surface area contributed by atoms with Crippen LogP contribution in [0.5, 0.6) is 0 Å². The zero-order chi connectivity index (χ0) is 57.3. The summed E-state index contributed by atoms with van der Waals surface area (Å²) in [4.78, 5) is 35.3. The van der Waals surface area contributed by atoms with Gasteiger partial charge in [-0.3, -0.25) is 18.6 Å². The first-order valence-electron chi connectivity index (χ1n) is 32.4. The number of hydrogen-bond acceptors (Lipinski definition) is 8. The highest BCUT2D eigenvalue weighted by Crippen LogP contribution is 2.43. The topological polar surface area (TPSA) is 134 Å². The zero-order valence-corrected chi connectivity index (χ0v) is 51.7. The number of nitrogens with two attached hydrogens (primary N) is 1. The number of carbonyl (C=O) groups is 2. The smallest absolute Gasteiger partial charge is 0.462 e. The molecule has 2 unspecified atom stereocenters. The Kier molecular flexibility index (Phi) is 61.2. The Hall–Kier alpha value is -3.33. The Bertz CT molecular complexity index is 1660. The fourth-order valence-corrected chi connectivity index (χ4v) is 9.69. The molecule has 79 heavy (non-hydrogen) atoms. The van der Waals surface area contributed by atoms with Gasteiger partial charge in [0, 0.05) is 19.4 Å². The standard InChI is InChI=1S/C69H120NO8P/c1-3-5-7-9-11-13-15-17-19-21-23-25-26-27-28-29-30-31-32-33-34-35-36-37-38-39-40-42-44-46-48-50-52-54-56-58-60-62-69(72)78-67(66-77-79(73,74)76-64-63-70)65-75-68(71)61-59-57-55-53-51-49-47-45-43-41-24-22-20-18-16-14-12-10-8-6-4-2/h5,7,11,13,17,19,23,25,27-28,30-31,33-34,36-37,39-40,67H,3-4,6,8-10,12,14-16,18,20-22,24,26,29,32,35,38,41-66,70H2,1-2H3,(H,73,74)/b7-5-,13-11-,19-17-,25-23-,28-27-,31-30-,34-33-,37-36-,40-39-. The highest BCUT2D eigenvalue weighted by atomic mass is 31.2. The summed E-state index contributed by atoms with van der Waals surface area (Å²) in [6.07, 6.45) is 87.3. The van der Waals surface area contributed by atoms with Gasteiger partial charge in [0.25, 0.3) is 0 Å². The maximum atomic E-state index is 12.7. The number of phosphoric ester groups is 1. The van der Waals surface area contributed by atoms with E-state index in [-0.39, 0.29) is 38.6 Å². The third kappa shape index (κ3) is 63.7. The van der Waals surface area contributed by atoms with Gasteiger partial charge in [0.15, 0.2) is 6.10 Å². The molecule has 2 atom stereocenters. The molecule has 0 aromatic carbocycles. The minimum absolute atomic E-state index is 0.0492. The Labute approximate surface area is 486 Å². The Balaban J connectivity index is 3.96. The Morgan fingerprint density at radius 3 is 1.04 bits per heavy atom. The monoisotopic (exact) mass is 1120 g/mol. The SMILES string of the molecule is CC/C=C\C/C=C\C/C=C\C/C=C\C/C=C\C/C=C\C/C=C\C/C=C\C/C=C\CCCCCCCCCCCC(=O)OC(COC(=O)CCCCCCCCCCCCCCCCCCCCCCC)COP(=O)(O)OCCN. The molecule has 0 rings (SSSR count). The molecule has 10 heteroatoms. The van der Waals surface area contributed by atoms with Crippen molar-refractivity contribution in [3.8, 4) is 0 Å². The van der Waals surface area contributed by atoms with Gasteiger partial charge in [-0.05, 0) is 83.5 Å². The molecular weight excluding hydrogens is 1000 g/mol. The summed E-state index contributed by atoms with van der Waals surface area (Å²) in [5, 5.41) is 0. The van der Waals surface area contributed by atoms with Crippen LogP contribution in [-0.2, 0) is 32.7 Å². The van der Waals surface area contributed by atoms with Crippen LogP contribution in [0, 0.1) is 0 Å². The van der Waals surface area contributed by atoms with Gasteiger partial charge in [0.1, 0.15) is 6.61 Å². The van der Waals surface area contributed by atoms with E-state index in [1.807, 2.05) is 0 Å². The molecule has 0 aliphatic carbocycles. The lowest BCUT2D eigenvalue weighted by Crippen LogP contribution is -2.29. The van der Waals surface area contributed by atoms with E-state index in [1.165, 1.54) is 148 Å². The van der Waals surface area contributed by atoms with Crippen molar-refractivity contribution in [1.82, 2.24) is 0 Å². The van der Waals surface area contributed by atoms with Crippen molar-refractivity contribution in [2.45, 2.75) is 290 Å². The summed E-state index contributed by atoms with van der Waals surface area (Å²) in [6.45, 7) is 3.65. The van der Waals surface area contributed by atoms with Crippen LogP contribution in [0.3, 0.4) is 0 Å². The van der Waals surface area contributed by atoms with E-state index in [9.17, 15) is 19.0 Å². The van der Waals surface area contributed by atoms with Crippen molar-refractivity contribution >= 4 is 19.8 Å². The molecule has 0 aliphatic rings. The molecule has 0 saturated heterocycles. The second-order valence-electron chi connectivity index (χ2n) is 21.3. The molecule has 9 nitrogen and oxygen atoms in total.